The molecule has 3 rings (SSSR count). The number of nitrogens with zero attached hydrogens (tertiary/aromatic N) is 2. The van der Waals surface area contributed by atoms with Gasteiger partial charge in [-0.1, -0.05) is 66.7 Å². The first-order chi connectivity index (χ1) is 14.5. The summed E-state index contributed by atoms with van der Waals surface area (Å²) in [5.41, 5.74) is 4.98. The smallest absolute Gasteiger partial charge is 0.253 e. The Morgan fingerprint density at radius 3 is 1.87 bits per heavy atom. The van der Waals surface area contributed by atoms with Crippen molar-refractivity contribution >= 4 is 11.8 Å². The van der Waals surface area contributed by atoms with Crippen molar-refractivity contribution in [3.8, 4) is 11.1 Å². The molecule has 0 unspecified atom stereocenters. The van der Waals surface area contributed by atoms with Crippen molar-refractivity contribution in [1.29, 1.82) is 0 Å². The molecule has 0 saturated heterocycles. The van der Waals surface area contributed by atoms with Crippen molar-refractivity contribution in [1.82, 2.24) is 9.80 Å². The molecular weight excluding hydrogens is 372 g/mol. The molecule has 0 aliphatic carbocycles. The number of hydrogen-bond acceptors (Lipinski definition) is 2. The highest BCUT2D eigenvalue weighted by Gasteiger charge is 2.14. The third-order valence-corrected chi connectivity index (χ3v) is 5.13. The van der Waals surface area contributed by atoms with Gasteiger partial charge in [-0.15, -0.1) is 0 Å². The molecule has 154 valence electrons. The molecule has 0 bridgehead atoms. The third kappa shape index (κ3) is 5.35. The van der Waals surface area contributed by atoms with Crippen LogP contribution in [0.5, 0.6) is 0 Å². The van der Waals surface area contributed by atoms with E-state index in [0.717, 1.165) is 16.7 Å². The van der Waals surface area contributed by atoms with E-state index in [0.29, 0.717) is 25.1 Å². The molecule has 0 aliphatic rings. The van der Waals surface area contributed by atoms with Gasteiger partial charge in [0.05, 0.1) is 6.42 Å². The third-order valence-electron chi connectivity index (χ3n) is 5.13. The van der Waals surface area contributed by atoms with E-state index in [-0.39, 0.29) is 11.8 Å². The summed E-state index contributed by atoms with van der Waals surface area (Å²) in [4.78, 5) is 28.3. The van der Waals surface area contributed by atoms with Crippen molar-refractivity contribution in [2.24, 2.45) is 0 Å². The molecule has 0 atom stereocenters. The monoisotopic (exact) mass is 400 g/mol. The molecule has 0 N–H and O–H groups in total. The zero-order valence-electron chi connectivity index (χ0n) is 17.8. The maximum absolute atomic E-state index is 12.8. The molecule has 0 fully saturated rings. The van der Waals surface area contributed by atoms with Crippen LogP contribution in [0.1, 0.15) is 28.4 Å². The van der Waals surface area contributed by atoms with E-state index in [4.69, 9.17) is 0 Å². The van der Waals surface area contributed by atoms with Gasteiger partial charge < -0.3 is 9.80 Å². The van der Waals surface area contributed by atoms with Gasteiger partial charge in [-0.05, 0) is 41.3 Å². The fourth-order valence-electron chi connectivity index (χ4n) is 3.34. The number of likely N-dealkylation sites (N-methyl/N-ethyl adjacent to an activating group) is 1. The highest BCUT2D eigenvalue weighted by atomic mass is 16.2. The highest BCUT2D eigenvalue weighted by Crippen LogP contribution is 2.20. The van der Waals surface area contributed by atoms with Crippen LogP contribution in [0, 0.1) is 0 Å². The van der Waals surface area contributed by atoms with Gasteiger partial charge in [0.1, 0.15) is 0 Å². The number of benzene rings is 3. The Kier molecular flexibility index (Phi) is 7.02. The maximum atomic E-state index is 12.8. The second-order valence-electron chi connectivity index (χ2n) is 7.54. The number of amides is 2. The summed E-state index contributed by atoms with van der Waals surface area (Å²) < 4.78 is 0. The molecule has 30 heavy (non-hydrogen) atoms. The molecular formula is C26H28N2O2. The predicted molar refractivity (Wildman–Crippen MR) is 121 cm³/mol. The van der Waals surface area contributed by atoms with Crippen LogP contribution in [0.3, 0.4) is 0 Å². The minimum Gasteiger partial charge on any atom is -0.345 e. The molecule has 0 spiro atoms. The lowest BCUT2D eigenvalue weighted by atomic mass is 10.0. The second kappa shape index (κ2) is 9.88. The number of carbonyl (C=O) groups excluding carboxylic acids is 2. The summed E-state index contributed by atoms with van der Waals surface area (Å²) in [6.45, 7) is 3.16. The van der Waals surface area contributed by atoms with Crippen LogP contribution in [-0.2, 0) is 17.8 Å². The van der Waals surface area contributed by atoms with E-state index < -0.39 is 0 Å². The maximum Gasteiger partial charge on any atom is 0.253 e. The predicted octanol–water partition coefficient (Wildman–Crippen LogP) is 4.65. The molecule has 0 heterocycles. The van der Waals surface area contributed by atoms with Gasteiger partial charge in [0, 0.05) is 32.7 Å². The van der Waals surface area contributed by atoms with Crippen molar-refractivity contribution < 1.29 is 9.59 Å². The zero-order chi connectivity index (χ0) is 21.5. The first-order valence-corrected chi connectivity index (χ1v) is 10.2. The quantitative estimate of drug-likeness (QED) is 0.579. The van der Waals surface area contributed by atoms with E-state index in [2.05, 4.69) is 24.3 Å². The Bertz CT molecular complexity index is 978. The van der Waals surface area contributed by atoms with Crippen LogP contribution in [-0.4, -0.2) is 42.3 Å². The Morgan fingerprint density at radius 1 is 0.733 bits per heavy atom. The average Bonchev–Trinajstić information content (AvgIpc) is 2.78. The normalized spacial score (nSPS) is 10.5. The van der Waals surface area contributed by atoms with Crippen LogP contribution in [0.25, 0.3) is 11.1 Å². The number of hydrogen-bond donors (Lipinski definition) is 0. The van der Waals surface area contributed by atoms with Crippen molar-refractivity contribution in [2.45, 2.75) is 19.9 Å². The van der Waals surface area contributed by atoms with Crippen LogP contribution in [0.15, 0.2) is 78.9 Å². The van der Waals surface area contributed by atoms with Crippen molar-refractivity contribution in [3.05, 3.63) is 95.6 Å². The van der Waals surface area contributed by atoms with E-state index in [1.54, 1.807) is 19.0 Å². The summed E-state index contributed by atoms with van der Waals surface area (Å²) in [5, 5.41) is 0. The van der Waals surface area contributed by atoms with E-state index in [1.807, 2.05) is 66.4 Å². The van der Waals surface area contributed by atoms with Crippen LogP contribution >= 0.6 is 0 Å². The molecule has 4 nitrogen and oxygen atoms in total. The van der Waals surface area contributed by atoms with Crippen LogP contribution in [0.4, 0.5) is 0 Å². The van der Waals surface area contributed by atoms with E-state index in [9.17, 15) is 9.59 Å². The van der Waals surface area contributed by atoms with Crippen molar-refractivity contribution in [3.63, 3.8) is 0 Å². The molecule has 2 amide bonds. The van der Waals surface area contributed by atoms with Gasteiger partial charge in [-0.25, -0.2) is 0 Å². The average molecular weight is 401 g/mol. The second-order valence-corrected chi connectivity index (χ2v) is 7.54. The van der Waals surface area contributed by atoms with Crippen LogP contribution in [0.2, 0.25) is 0 Å². The van der Waals surface area contributed by atoms with Gasteiger partial charge in [-0.2, -0.15) is 0 Å². The lowest BCUT2D eigenvalue weighted by molar-refractivity contribution is -0.130. The molecule has 3 aromatic rings. The summed E-state index contributed by atoms with van der Waals surface area (Å²) in [6, 6.07) is 25.9. The van der Waals surface area contributed by atoms with E-state index in [1.165, 1.54) is 5.56 Å². The summed E-state index contributed by atoms with van der Waals surface area (Å²) in [7, 11) is 3.47. The SMILES string of the molecule is CCN(Cc1ccc(C(=O)N(C)C)cc1)C(=O)Cc1ccc(-c2ccccc2)cc1. The number of rotatable bonds is 7. The van der Waals surface area contributed by atoms with Gasteiger partial charge in [0.15, 0.2) is 0 Å². The lowest BCUT2D eigenvalue weighted by Crippen LogP contribution is -2.31. The Balaban J connectivity index is 1.63. The molecule has 3 aromatic carbocycles. The Morgan fingerprint density at radius 2 is 1.30 bits per heavy atom. The van der Waals surface area contributed by atoms with Gasteiger partial charge in [-0.3, -0.25) is 9.59 Å². The molecule has 4 heteroatoms. The fraction of sp³-hybridized carbons (Fsp3) is 0.231. The first kappa shape index (κ1) is 21.3. The summed E-state index contributed by atoms with van der Waals surface area (Å²) >= 11 is 0. The molecule has 0 aromatic heterocycles. The first-order valence-electron chi connectivity index (χ1n) is 10.2. The Hall–Kier alpha value is -3.40. The fourth-order valence-corrected chi connectivity index (χ4v) is 3.34. The summed E-state index contributed by atoms with van der Waals surface area (Å²) in [6.07, 6.45) is 0.375. The zero-order valence-corrected chi connectivity index (χ0v) is 17.8. The standard InChI is InChI=1S/C26H28N2O2/c1-4-28(19-21-12-16-24(17-13-21)26(30)27(2)3)25(29)18-20-10-14-23(15-11-20)22-8-6-5-7-9-22/h5-17H,4,18-19H2,1-3H3. The lowest BCUT2D eigenvalue weighted by Gasteiger charge is -2.21. The van der Waals surface area contributed by atoms with Crippen LogP contribution < -0.4 is 0 Å². The van der Waals surface area contributed by atoms with Gasteiger partial charge in [0.25, 0.3) is 5.91 Å². The van der Waals surface area contributed by atoms with Gasteiger partial charge in [0.2, 0.25) is 5.91 Å². The largest absolute Gasteiger partial charge is 0.345 e. The Labute approximate surface area is 178 Å². The minimum atomic E-state index is -0.0241. The van der Waals surface area contributed by atoms with Crippen molar-refractivity contribution in [2.75, 3.05) is 20.6 Å². The van der Waals surface area contributed by atoms with E-state index >= 15 is 0 Å². The topological polar surface area (TPSA) is 40.6 Å². The number of carbonyl (C=O) groups is 2. The minimum absolute atomic E-state index is 0.0241. The van der Waals surface area contributed by atoms with Gasteiger partial charge >= 0.3 is 0 Å². The summed E-state index contributed by atoms with van der Waals surface area (Å²) in [5.74, 6) is 0.0716. The highest BCUT2D eigenvalue weighted by molar-refractivity contribution is 5.93. The molecule has 0 aliphatic heterocycles. The molecule has 0 radical (unpaired) electrons. The molecule has 0 saturated carbocycles.